The van der Waals surface area contributed by atoms with E-state index in [0.29, 0.717) is 6.42 Å². The zero-order chi connectivity index (χ0) is 13.1. The van der Waals surface area contributed by atoms with Crippen molar-refractivity contribution >= 4 is 14.0 Å². The highest BCUT2D eigenvalue weighted by Crippen LogP contribution is 2.31. The highest BCUT2D eigenvalue weighted by molar-refractivity contribution is 6.78. The van der Waals surface area contributed by atoms with Crippen LogP contribution in [0.15, 0.2) is 11.6 Å². The van der Waals surface area contributed by atoms with Crippen molar-refractivity contribution in [1.82, 2.24) is 0 Å². The third-order valence-corrected chi connectivity index (χ3v) is 5.37. The Morgan fingerprint density at radius 2 is 2.18 bits per heavy atom. The minimum atomic E-state index is -1.49. The van der Waals surface area contributed by atoms with Crippen LogP contribution in [0, 0.1) is 5.92 Å². The van der Waals surface area contributed by atoms with Gasteiger partial charge in [-0.25, -0.2) is 0 Å². The van der Waals surface area contributed by atoms with Gasteiger partial charge in [0.05, 0.1) is 8.07 Å². The SMILES string of the molecule is CCC(=O)OC(C1=CCC[C@@H](C)C1)[Si](C)(C)C. The molecule has 0 heterocycles. The second-order valence-corrected chi connectivity index (χ2v) is 11.5. The van der Waals surface area contributed by atoms with Crippen molar-refractivity contribution in [3.05, 3.63) is 11.6 Å². The van der Waals surface area contributed by atoms with Crippen LogP contribution in [0.25, 0.3) is 0 Å². The van der Waals surface area contributed by atoms with E-state index in [0.717, 1.165) is 18.8 Å². The predicted octanol–water partition coefficient (Wildman–Crippen LogP) is 3.93. The summed E-state index contributed by atoms with van der Waals surface area (Å²) < 4.78 is 5.71. The summed E-state index contributed by atoms with van der Waals surface area (Å²) in [6.07, 6.45) is 6.30. The molecule has 2 nitrogen and oxygen atoms in total. The average molecular weight is 254 g/mol. The molecule has 0 aromatic heterocycles. The van der Waals surface area contributed by atoms with E-state index in [1.165, 1.54) is 12.0 Å². The Kier molecular flexibility index (Phi) is 4.99. The zero-order valence-electron chi connectivity index (χ0n) is 11.9. The van der Waals surface area contributed by atoms with Gasteiger partial charge in [0.1, 0.15) is 5.73 Å². The molecule has 0 aliphatic heterocycles. The first-order chi connectivity index (χ1) is 7.84. The van der Waals surface area contributed by atoms with Crippen molar-refractivity contribution in [3.8, 4) is 0 Å². The number of carbonyl (C=O) groups excluding carboxylic acids is 1. The van der Waals surface area contributed by atoms with Gasteiger partial charge >= 0.3 is 5.97 Å². The Morgan fingerprint density at radius 3 is 2.65 bits per heavy atom. The van der Waals surface area contributed by atoms with Crippen molar-refractivity contribution in [2.75, 3.05) is 0 Å². The van der Waals surface area contributed by atoms with Gasteiger partial charge in [-0.2, -0.15) is 0 Å². The van der Waals surface area contributed by atoms with Gasteiger partial charge in [-0.05, 0) is 30.8 Å². The number of hydrogen-bond donors (Lipinski definition) is 0. The monoisotopic (exact) mass is 254 g/mol. The van der Waals surface area contributed by atoms with Gasteiger partial charge in [-0.1, -0.05) is 39.6 Å². The zero-order valence-corrected chi connectivity index (χ0v) is 12.9. The van der Waals surface area contributed by atoms with E-state index in [1.54, 1.807) is 0 Å². The lowest BCUT2D eigenvalue weighted by Gasteiger charge is -2.33. The quantitative estimate of drug-likeness (QED) is 0.431. The van der Waals surface area contributed by atoms with Crippen LogP contribution in [-0.2, 0) is 9.53 Å². The van der Waals surface area contributed by atoms with E-state index in [9.17, 15) is 4.79 Å². The standard InChI is InChI=1S/C14H26O2Si/c1-6-13(15)16-14(17(3,4)5)12-9-7-8-11(2)10-12/h9,11,14H,6-8,10H2,1-5H3/t11-,14?/m1/s1. The van der Waals surface area contributed by atoms with Gasteiger partial charge in [0.25, 0.3) is 0 Å². The maximum atomic E-state index is 11.6. The molecule has 0 amide bonds. The summed E-state index contributed by atoms with van der Waals surface area (Å²) in [5, 5.41) is 0. The molecular weight excluding hydrogens is 228 g/mol. The third kappa shape index (κ3) is 4.30. The molecule has 17 heavy (non-hydrogen) atoms. The number of rotatable bonds is 4. The highest BCUT2D eigenvalue weighted by atomic mass is 28.3. The molecule has 1 aliphatic rings. The molecule has 0 N–H and O–H groups in total. The second-order valence-electron chi connectivity index (χ2n) is 6.26. The van der Waals surface area contributed by atoms with Crippen molar-refractivity contribution in [2.24, 2.45) is 5.92 Å². The van der Waals surface area contributed by atoms with E-state index in [4.69, 9.17) is 4.74 Å². The van der Waals surface area contributed by atoms with Crippen molar-refractivity contribution < 1.29 is 9.53 Å². The van der Waals surface area contributed by atoms with Crippen LogP contribution >= 0.6 is 0 Å². The van der Waals surface area contributed by atoms with Crippen LogP contribution in [-0.4, -0.2) is 19.8 Å². The van der Waals surface area contributed by atoms with Crippen LogP contribution in [0.3, 0.4) is 0 Å². The number of allylic oxidation sites excluding steroid dienone is 1. The number of ether oxygens (including phenoxy) is 1. The summed E-state index contributed by atoms with van der Waals surface area (Å²) in [5.74, 6) is 0.672. The summed E-state index contributed by atoms with van der Waals surface area (Å²) in [7, 11) is -1.49. The van der Waals surface area contributed by atoms with E-state index in [1.807, 2.05) is 6.92 Å². The van der Waals surface area contributed by atoms with Crippen LogP contribution in [0.2, 0.25) is 19.6 Å². The summed E-state index contributed by atoms with van der Waals surface area (Å²) in [6, 6.07) is 0. The summed E-state index contributed by atoms with van der Waals surface area (Å²) in [6.45, 7) is 11.0. The van der Waals surface area contributed by atoms with Gasteiger partial charge in [-0.15, -0.1) is 0 Å². The fraction of sp³-hybridized carbons (Fsp3) is 0.786. The molecule has 0 radical (unpaired) electrons. The lowest BCUT2D eigenvalue weighted by Crippen LogP contribution is -2.43. The summed E-state index contributed by atoms with van der Waals surface area (Å²) >= 11 is 0. The van der Waals surface area contributed by atoms with Crippen LogP contribution in [0.5, 0.6) is 0 Å². The maximum absolute atomic E-state index is 11.6. The van der Waals surface area contributed by atoms with Crippen molar-refractivity contribution in [2.45, 2.75) is 64.9 Å². The lowest BCUT2D eigenvalue weighted by molar-refractivity contribution is -0.144. The first kappa shape index (κ1) is 14.5. The van der Waals surface area contributed by atoms with Gasteiger partial charge in [-0.3, -0.25) is 4.79 Å². The van der Waals surface area contributed by atoms with Gasteiger partial charge in [0, 0.05) is 6.42 Å². The topological polar surface area (TPSA) is 26.3 Å². The minimum absolute atomic E-state index is 0.0587. The fourth-order valence-corrected chi connectivity index (χ4v) is 4.21. The predicted molar refractivity (Wildman–Crippen MR) is 74.6 cm³/mol. The van der Waals surface area contributed by atoms with Gasteiger partial charge < -0.3 is 4.74 Å². The maximum Gasteiger partial charge on any atom is 0.305 e. The number of esters is 1. The van der Waals surface area contributed by atoms with Crippen molar-refractivity contribution in [3.63, 3.8) is 0 Å². The average Bonchev–Trinajstić information content (AvgIpc) is 2.23. The lowest BCUT2D eigenvalue weighted by atomic mass is 9.90. The van der Waals surface area contributed by atoms with Crippen LogP contribution < -0.4 is 0 Å². The molecule has 0 saturated heterocycles. The molecule has 1 aliphatic carbocycles. The Bertz CT molecular complexity index is 302. The van der Waals surface area contributed by atoms with Crippen molar-refractivity contribution in [1.29, 1.82) is 0 Å². The molecule has 1 unspecified atom stereocenters. The van der Waals surface area contributed by atoms with E-state index >= 15 is 0 Å². The largest absolute Gasteiger partial charge is 0.462 e. The normalized spacial score (nSPS) is 22.9. The first-order valence-electron chi connectivity index (χ1n) is 6.73. The van der Waals surface area contributed by atoms with E-state index < -0.39 is 8.07 Å². The molecule has 1 rings (SSSR count). The number of hydrogen-bond acceptors (Lipinski definition) is 2. The molecule has 2 atom stereocenters. The van der Waals surface area contributed by atoms with Crippen LogP contribution in [0.1, 0.15) is 39.5 Å². The molecule has 0 spiro atoms. The number of carbonyl (C=O) groups is 1. The van der Waals surface area contributed by atoms with Gasteiger partial charge in [0.2, 0.25) is 0 Å². The molecule has 0 fully saturated rings. The molecule has 3 heteroatoms. The fourth-order valence-electron chi connectivity index (χ4n) is 2.38. The summed E-state index contributed by atoms with van der Waals surface area (Å²) in [5.41, 5.74) is 1.46. The van der Waals surface area contributed by atoms with Gasteiger partial charge in [0.15, 0.2) is 0 Å². The molecule has 0 bridgehead atoms. The molecule has 0 aromatic rings. The summed E-state index contributed by atoms with van der Waals surface area (Å²) in [4.78, 5) is 11.6. The Hall–Kier alpha value is -0.573. The molecule has 98 valence electrons. The smallest absolute Gasteiger partial charge is 0.305 e. The van der Waals surface area contributed by atoms with E-state index in [-0.39, 0.29) is 11.7 Å². The molecule has 0 aromatic carbocycles. The molecule has 0 saturated carbocycles. The second kappa shape index (κ2) is 5.85. The molecular formula is C14H26O2Si. The highest BCUT2D eigenvalue weighted by Gasteiger charge is 2.34. The van der Waals surface area contributed by atoms with Crippen LogP contribution in [0.4, 0.5) is 0 Å². The first-order valence-corrected chi connectivity index (χ1v) is 10.3. The minimum Gasteiger partial charge on any atom is -0.462 e. The third-order valence-electron chi connectivity index (χ3n) is 3.31. The van der Waals surface area contributed by atoms with E-state index in [2.05, 4.69) is 32.6 Å². The Balaban J connectivity index is 2.83. The Morgan fingerprint density at radius 1 is 1.53 bits per heavy atom. The Labute approximate surface area is 106 Å².